The molecular formula is C96H57NO3. The van der Waals surface area contributed by atoms with Gasteiger partial charge in [0.1, 0.15) is 33.5 Å². The van der Waals surface area contributed by atoms with Crippen LogP contribution in [0.2, 0.25) is 0 Å². The van der Waals surface area contributed by atoms with Crippen LogP contribution in [0, 0.1) is 0 Å². The van der Waals surface area contributed by atoms with Crippen LogP contribution in [0.4, 0.5) is 0 Å². The van der Waals surface area contributed by atoms with E-state index in [-0.39, 0.29) is 0 Å². The maximum Gasteiger partial charge on any atom is 0.136 e. The number of fused-ring (bicyclic) bond motifs is 18. The summed E-state index contributed by atoms with van der Waals surface area (Å²) in [6.07, 6.45) is 0. The lowest BCUT2D eigenvalue weighted by molar-refractivity contribution is 0.668. The van der Waals surface area contributed by atoms with E-state index in [4.69, 9.17) is 13.3 Å². The summed E-state index contributed by atoms with van der Waals surface area (Å²) in [6, 6.07) is 125. The first kappa shape index (κ1) is 55.9. The van der Waals surface area contributed by atoms with Crippen molar-refractivity contribution in [1.29, 1.82) is 0 Å². The van der Waals surface area contributed by atoms with Crippen LogP contribution in [-0.2, 0) is 0 Å². The Labute approximate surface area is 573 Å². The third-order valence-corrected chi connectivity index (χ3v) is 21.0. The Morgan fingerprint density at radius 3 is 0.920 bits per heavy atom. The first-order chi connectivity index (χ1) is 49.6. The summed E-state index contributed by atoms with van der Waals surface area (Å²) in [7, 11) is 0. The zero-order valence-electron chi connectivity index (χ0n) is 54.1. The molecule has 0 aliphatic heterocycles. The lowest BCUT2D eigenvalue weighted by Gasteiger charge is -2.18. The van der Waals surface area contributed by atoms with Crippen LogP contribution in [0.25, 0.3) is 214 Å². The number of benzene rings is 18. The zero-order chi connectivity index (χ0) is 65.5. The van der Waals surface area contributed by atoms with Crippen molar-refractivity contribution < 1.29 is 13.3 Å². The molecule has 0 aliphatic rings. The second kappa shape index (κ2) is 22.1. The number of aromatic nitrogens is 1. The van der Waals surface area contributed by atoms with E-state index >= 15 is 0 Å². The molecule has 4 heteroatoms. The van der Waals surface area contributed by atoms with E-state index < -0.39 is 0 Å². The molecule has 0 amide bonds. The molecule has 22 aromatic rings. The molecular weight excluding hydrogens is 1220 g/mol. The van der Waals surface area contributed by atoms with Crippen LogP contribution >= 0.6 is 0 Å². The summed E-state index contributed by atoms with van der Waals surface area (Å²) in [6.45, 7) is 0. The molecule has 100 heavy (non-hydrogen) atoms. The normalized spacial score (nSPS) is 12.0. The molecule has 0 atom stereocenters. The third kappa shape index (κ3) is 8.74. The van der Waals surface area contributed by atoms with Gasteiger partial charge in [0, 0.05) is 48.8 Å². The van der Waals surface area contributed by atoms with Crippen molar-refractivity contribution in [1.82, 2.24) is 4.57 Å². The minimum absolute atomic E-state index is 0.907. The Balaban J connectivity index is 0.000000131. The van der Waals surface area contributed by atoms with E-state index in [0.29, 0.717) is 0 Å². The molecule has 4 nitrogen and oxygen atoms in total. The van der Waals surface area contributed by atoms with Crippen molar-refractivity contribution in [2.75, 3.05) is 0 Å². The maximum atomic E-state index is 6.40. The van der Waals surface area contributed by atoms with Gasteiger partial charge >= 0.3 is 0 Å². The molecule has 464 valence electrons. The topological polar surface area (TPSA) is 44.4 Å². The van der Waals surface area contributed by atoms with Gasteiger partial charge in [-0.2, -0.15) is 0 Å². The van der Waals surface area contributed by atoms with Gasteiger partial charge in [-0.1, -0.05) is 255 Å². The molecule has 0 unspecified atom stereocenters. The minimum atomic E-state index is 0.907. The Morgan fingerprint density at radius 2 is 0.460 bits per heavy atom. The average Bonchev–Trinajstić information content (AvgIpc) is 0.764. The Bertz CT molecular complexity index is 6990. The molecule has 22 rings (SSSR count). The Kier molecular flexibility index (Phi) is 12.4. The second-order valence-electron chi connectivity index (χ2n) is 26.5. The number of nitrogens with zero attached hydrogens (tertiary/aromatic N) is 1. The molecule has 4 aromatic heterocycles. The van der Waals surface area contributed by atoms with Crippen LogP contribution in [0.15, 0.2) is 359 Å². The van der Waals surface area contributed by atoms with Gasteiger partial charge in [-0.15, -0.1) is 0 Å². The second-order valence-corrected chi connectivity index (χ2v) is 26.5. The van der Waals surface area contributed by atoms with Gasteiger partial charge in [0.2, 0.25) is 0 Å². The number of hydrogen-bond donors (Lipinski definition) is 0. The van der Waals surface area contributed by atoms with Crippen molar-refractivity contribution in [3.8, 4) is 61.3 Å². The van der Waals surface area contributed by atoms with Crippen LogP contribution in [-0.4, -0.2) is 4.57 Å². The van der Waals surface area contributed by atoms with Crippen molar-refractivity contribution in [3.63, 3.8) is 0 Å². The zero-order valence-corrected chi connectivity index (χ0v) is 54.1. The highest BCUT2D eigenvalue weighted by atomic mass is 16.3. The highest BCUT2D eigenvalue weighted by Gasteiger charge is 2.22. The molecule has 4 heterocycles. The Hall–Kier alpha value is -13.3. The van der Waals surface area contributed by atoms with E-state index in [2.05, 4.69) is 338 Å². The fourth-order valence-electron chi connectivity index (χ4n) is 16.5. The summed E-state index contributed by atoms with van der Waals surface area (Å²) in [4.78, 5) is 0. The standard InChI is InChI=1S/C48H29NO.C48H28O2/c1-2-13-31-29-46-42(27-30(31)12-1)41-28-33(24-25-45(41)50-46)48-39-20-5-3-18-37(39)47(38-19-4-6-21-40(38)48)32-14-11-15-34(26-32)49-43-22-9-7-16-35(43)36-17-8-10-23-44(36)49;1-2-10-32-28-46-42(25-31(32)9-1)41-27-34(22-24-45(41)50-46)48-38-14-5-3-12-36(38)47(37-13-4-6-15-39(37)48)30-19-17-29(18-20-30)33-21-23-44-40(26-33)35-11-7-8-16-43(35)49-44/h1-29H;1-28H. The van der Waals surface area contributed by atoms with Crippen molar-refractivity contribution in [2.24, 2.45) is 0 Å². The molecule has 0 fully saturated rings. The van der Waals surface area contributed by atoms with Crippen LogP contribution < -0.4 is 0 Å². The summed E-state index contributed by atoms with van der Waals surface area (Å²) in [5, 5.41) is 24.1. The van der Waals surface area contributed by atoms with Gasteiger partial charge in [0.25, 0.3) is 0 Å². The first-order valence-electron chi connectivity index (χ1n) is 34.3. The fraction of sp³-hybridized carbons (Fsp3) is 0. The minimum Gasteiger partial charge on any atom is -0.456 e. The lowest BCUT2D eigenvalue weighted by atomic mass is 9.85. The summed E-state index contributed by atoms with van der Waals surface area (Å²) >= 11 is 0. The average molecular weight is 1270 g/mol. The van der Waals surface area contributed by atoms with Crippen molar-refractivity contribution in [3.05, 3.63) is 346 Å². The summed E-state index contributed by atoms with van der Waals surface area (Å²) < 4.78 is 21.3. The summed E-state index contributed by atoms with van der Waals surface area (Å²) in [5.41, 5.74) is 21.2. The SMILES string of the molecule is c1cc(-c2c3ccccc3c(-c3ccc4oc5cc6ccccc6cc5c4c3)c3ccccc23)cc(-n2c3ccccc3c3ccccc32)c1.c1ccc2cc3c(cc2c1)oc1ccc(-c2c4ccccc4c(-c4ccc(-c5ccc6oc7ccccc7c6c5)cc4)c4ccccc24)cc13. The van der Waals surface area contributed by atoms with Crippen LogP contribution in [0.3, 0.4) is 0 Å². The van der Waals surface area contributed by atoms with Gasteiger partial charge < -0.3 is 17.8 Å². The highest BCUT2D eigenvalue weighted by Crippen LogP contribution is 2.49. The largest absolute Gasteiger partial charge is 0.456 e. The third-order valence-electron chi connectivity index (χ3n) is 21.0. The number of hydrogen-bond acceptors (Lipinski definition) is 3. The van der Waals surface area contributed by atoms with Gasteiger partial charge in [0.05, 0.1) is 11.0 Å². The van der Waals surface area contributed by atoms with E-state index in [9.17, 15) is 0 Å². The molecule has 0 spiro atoms. The van der Waals surface area contributed by atoms with Crippen LogP contribution in [0.1, 0.15) is 0 Å². The van der Waals surface area contributed by atoms with Gasteiger partial charge in [-0.05, 0) is 211 Å². The van der Waals surface area contributed by atoms with Crippen molar-refractivity contribution in [2.45, 2.75) is 0 Å². The van der Waals surface area contributed by atoms with Crippen LogP contribution in [0.5, 0.6) is 0 Å². The van der Waals surface area contributed by atoms with E-state index in [1.807, 2.05) is 12.1 Å². The number of furan rings is 3. The fourth-order valence-corrected chi connectivity index (χ4v) is 16.5. The molecule has 0 saturated carbocycles. The number of rotatable bonds is 6. The van der Waals surface area contributed by atoms with E-state index in [1.54, 1.807) is 0 Å². The highest BCUT2D eigenvalue weighted by molar-refractivity contribution is 6.25. The molecule has 0 radical (unpaired) electrons. The predicted molar refractivity (Wildman–Crippen MR) is 421 cm³/mol. The van der Waals surface area contributed by atoms with Crippen molar-refractivity contribution >= 4 is 152 Å². The monoisotopic (exact) mass is 1270 g/mol. The molecule has 0 saturated heterocycles. The number of para-hydroxylation sites is 3. The predicted octanol–water partition coefficient (Wildman–Crippen LogP) is 27.4. The maximum absolute atomic E-state index is 6.40. The molecule has 0 N–H and O–H groups in total. The molecule has 18 aromatic carbocycles. The first-order valence-corrected chi connectivity index (χ1v) is 34.3. The molecule has 0 bridgehead atoms. The lowest BCUT2D eigenvalue weighted by Crippen LogP contribution is -1.95. The van der Waals surface area contributed by atoms with Gasteiger partial charge in [-0.25, -0.2) is 0 Å². The van der Waals surface area contributed by atoms with Gasteiger partial charge in [0.15, 0.2) is 0 Å². The smallest absolute Gasteiger partial charge is 0.136 e. The molecule has 0 aliphatic carbocycles. The quantitative estimate of drug-likeness (QED) is 0.156. The Morgan fingerprint density at radius 1 is 0.160 bits per heavy atom. The summed E-state index contributed by atoms with van der Waals surface area (Å²) in [5.74, 6) is 0. The van der Waals surface area contributed by atoms with E-state index in [1.165, 1.54) is 142 Å². The van der Waals surface area contributed by atoms with E-state index in [0.717, 1.165) is 71.5 Å². The van der Waals surface area contributed by atoms with Gasteiger partial charge in [-0.3, -0.25) is 0 Å².